The first-order chi connectivity index (χ1) is 12.7. The van der Waals surface area contributed by atoms with E-state index >= 15 is 0 Å². The summed E-state index contributed by atoms with van der Waals surface area (Å²) < 4.78 is 0. The highest BCUT2D eigenvalue weighted by atomic mass is 32.2. The van der Waals surface area contributed by atoms with Gasteiger partial charge in [0.05, 0.1) is 10.6 Å². The van der Waals surface area contributed by atoms with Crippen LogP contribution in [0.1, 0.15) is 15.2 Å². The lowest BCUT2D eigenvalue weighted by Gasteiger charge is -2.08. The number of nitrogens with one attached hydrogen (secondary N) is 2. The van der Waals surface area contributed by atoms with Crippen molar-refractivity contribution >= 4 is 46.3 Å². The summed E-state index contributed by atoms with van der Waals surface area (Å²) in [5, 5.41) is 7.54. The van der Waals surface area contributed by atoms with Crippen LogP contribution in [0.3, 0.4) is 0 Å². The Hall–Kier alpha value is -2.64. The summed E-state index contributed by atoms with van der Waals surface area (Å²) in [5.41, 5.74) is 2.38. The number of carbonyl (C=O) groups excluding carboxylic acids is 2. The van der Waals surface area contributed by atoms with Crippen LogP contribution in [0.4, 0.5) is 11.4 Å². The van der Waals surface area contributed by atoms with Gasteiger partial charge in [-0.05, 0) is 41.3 Å². The Labute approximate surface area is 159 Å². The SMILES string of the molecule is O=C(CSCc1cccnc1)Nc1cccc(NC(=O)c2cccs2)c1. The molecule has 0 aliphatic carbocycles. The van der Waals surface area contributed by atoms with E-state index in [0.29, 0.717) is 22.0 Å². The summed E-state index contributed by atoms with van der Waals surface area (Å²) >= 11 is 2.91. The highest BCUT2D eigenvalue weighted by Gasteiger charge is 2.08. The van der Waals surface area contributed by atoms with E-state index in [4.69, 9.17) is 0 Å². The second-order valence-corrected chi connectivity index (χ2v) is 7.35. The van der Waals surface area contributed by atoms with E-state index in [9.17, 15) is 9.59 Å². The van der Waals surface area contributed by atoms with Crippen molar-refractivity contribution in [3.05, 3.63) is 76.7 Å². The monoisotopic (exact) mass is 383 g/mol. The summed E-state index contributed by atoms with van der Waals surface area (Å²) in [6.07, 6.45) is 3.52. The molecule has 0 atom stereocenters. The molecule has 0 aliphatic rings. The fourth-order valence-corrected chi connectivity index (χ4v) is 3.60. The maximum atomic E-state index is 12.1. The van der Waals surface area contributed by atoms with Crippen LogP contribution >= 0.6 is 23.1 Å². The molecule has 0 saturated heterocycles. The molecule has 0 aliphatic heterocycles. The Bertz CT molecular complexity index is 868. The zero-order valence-corrected chi connectivity index (χ0v) is 15.5. The van der Waals surface area contributed by atoms with Gasteiger partial charge in [-0.2, -0.15) is 0 Å². The molecule has 7 heteroatoms. The van der Waals surface area contributed by atoms with Crippen LogP contribution in [0.2, 0.25) is 0 Å². The number of anilines is 2. The van der Waals surface area contributed by atoms with E-state index in [-0.39, 0.29) is 11.8 Å². The van der Waals surface area contributed by atoms with Crippen molar-refractivity contribution < 1.29 is 9.59 Å². The molecule has 0 spiro atoms. The van der Waals surface area contributed by atoms with Gasteiger partial charge in [0.25, 0.3) is 5.91 Å². The van der Waals surface area contributed by atoms with E-state index in [2.05, 4.69) is 15.6 Å². The molecule has 0 radical (unpaired) electrons. The van der Waals surface area contributed by atoms with Gasteiger partial charge < -0.3 is 10.6 Å². The molecular weight excluding hydrogens is 366 g/mol. The van der Waals surface area contributed by atoms with Gasteiger partial charge in [-0.3, -0.25) is 14.6 Å². The minimum Gasteiger partial charge on any atom is -0.325 e. The topological polar surface area (TPSA) is 71.1 Å². The fraction of sp³-hybridized carbons (Fsp3) is 0.105. The number of benzene rings is 1. The third-order valence-corrected chi connectivity index (χ3v) is 5.25. The molecule has 1 aromatic carbocycles. The summed E-state index contributed by atoms with van der Waals surface area (Å²) in [4.78, 5) is 28.9. The van der Waals surface area contributed by atoms with Crippen molar-refractivity contribution in [3.63, 3.8) is 0 Å². The predicted octanol–water partition coefficient (Wildman–Crippen LogP) is 4.27. The molecule has 0 bridgehead atoms. The van der Waals surface area contributed by atoms with Gasteiger partial charge in [-0.15, -0.1) is 23.1 Å². The average Bonchev–Trinajstić information content (AvgIpc) is 3.18. The highest BCUT2D eigenvalue weighted by molar-refractivity contribution is 7.99. The standard InChI is InChI=1S/C19H17N3O2S2/c23-18(13-25-12-14-4-2-8-20-11-14)21-15-5-1-6-16(10-15)22-19(24)17-7-3-9-26-17/h1-11H,12-13H2,(H,21,23)(H,22,24). The minimum atomic E-state index is -0.157. The molecule has 132 valence electrons. The summed E-state index contributed by atoms with van der Waals surface area (Å²) in [5.74, 6) is 0.842. The summed E-state index contributed by atoms with van der Waals surface area (Å²) in [6, 6.07) is 14.6. The second-order valence-electron chi connectivity index (χ2n) is 5.41. The van der Waals surface area contributed by atoms with E-state index < -0.39 is 0 Å². The van der Waals surface area contributed by atoms with Gasteiger partial charge in [-0.1, -0.05) is 18.2 Å². The average molecular weight is 383 g/mol. The molecule has 26 heavy (non-hydrogen) atoms. The smallest absolute Gasteiger partial charge is 0.265 e. The Morgan fingerprint density at radius 2 is 1.88 bits per heavy atom. The molecule has 3 rings (SSSR count). The number of nitrogens with zero attached hydrogens (tertiary/aromatic N) is 1. The van der Waals surface area contributed by atoms with Gasteiger partial charge in [0.2, 0.25) is 5.91 Å². The Morgan fingerprint density at radius 1 is 1.04 bits per heavy atom. The van der Waals surface area contributed by atoms with Crippen LogP contribution in [0.25, 0.3) is 0 Å². The van der Waals surface area contributed by atoms with E-state index in [0.717, 1.165) is 11.3 Å². The number of aromatic nitrogens is 1. The normalized spacial score (nSPS) is 10.3. The quantitative estimate of drug-likeness (QED) is 0.639. The summed E-state index contributed by atoms with van der Waals surface area (Å²) in [6.45, 7) is 0. The molecule has 2 heterocycles. The van der Waals surface area contributed by atoms with Crippen molar-refractivity contribution in [2.24, 2.45) is 0 Å². The first-order valence-corrected chi connectivity index (χ1v) is 9.95. The van der Waals surface area contributed by atoms with Crippen LogP contribution in [-0.4, -0.2) is 22.6 Å². The van der Waals surface area contributed by atoms with E-state index in [1.54, 1.807) is 42.7 Å². The number of hydrogen-bond acceptors (Lipinski definition) is 5. The number of amides is 2. The summed E-state index contributed by atoms with van der Waals surface area (Å²) in [7, 11) is 0. The maximum Gasteiger partial charge on any atom is 0.265 e. The first-order valence-electron chi connectivity index (χ1n) is 7.92. The largest absolute Gasteiger partial charge is 0.325 e. The lowest BCUT2D eigenvalue weighted by molar-refractivity contribution is -0.113. The van der Waals surface area contributed by atoms with Crippen molar-refractivity contribution in [1.82, 2.24) is 4.98 Å². The number of hydrogen-bond donors (Lipinski definition) is 2. The molecule has 2 amide bonds. The fourth-order valence-electron chi connectivity index (χ4n) is 2.22. The van der Waals surface area contributed by atoms with Gasteiger partial charge in [0.15, 0.2) is 0 Å². The zero-order valence-electron chi connectivity index (χ0n) is 13.8. The molecule has 0 fully saturated rings. The number of thioether (sulfide) groups is 1. The number of thiophene rings is 1. The Kier molecular flexibility index (Phi) is 6.40. The van der Waals surface area contributed by atoms with Crippen LogP contribution in [-0.2, 0) is 10.5 Å². The Balaban J connectivity index is 1.50. The number of pyridine rings is 1. The molecule has 2 aromatic heterocycles. The van der Waals surface area contributed by atoms with E-state index in [1.165, 1.54) is 23.1 Å². The highest BCUT2D eigenvalue weighted by Crippen LogP contribution is 2.18. The van der Waals surface area contributed by atoms with E-state index in [1.807, 2.05) is 23.6 Å². The van der Waals surface area contributed by atoms with Gasteiger partial charge in [0.1, 0.15) is 0 Å². The van der Waals surface area contributed by atoms with Crippen molar-refractivity contribution in [2.45, 2.75) is 5.75 Å². The number of carbonyl (C=O) groups is 2. The van der Waals surface area contributed by atoms with Gasteiger partial charge in [0, 0.05) is 29.5 Å². The first kappa shape index (κ1) is 18.2. The molecular formula is C19H17N3O2S2. The van der Waals surface area contributed by atoms with Gasteiger partial charge >= 0.3 is 0 Å². The molecule has 3 aromatic rings. The Morgan fingerprint density at radius 3 is 2.62 bits per heavy atom. The third-order valence-electron chi connectivity index (χ3n) is 3.37. The predicted molar refractivity (Wildman–Crippen MR) is 108 cm³/mol. The van der Waals surface area contributed by atoms with Crippen LogP contribution in [0.15, 0.2) is 66.3 Å². The third kappa shape index (κ3) is 5.44. The molecule has 0 unspecified atom stereocenters. The maximum absolute atomic E-state index is 12.1. The van der Waals surface area contributed by atoms with Crippen LogP contribution in [0, 0.1) is 0 Å². The van der Waals surface area contributed by atoms with Crippen LogP contribution in [0.5, 0.6) is 0 Å². The van der Waals surface area contributed by atoms with Gasteiger partial charge in [-0.25, -0.2) is 0 Å². The zero-order chi connectivity index (χ0) is 18.2. The van der Waals surface area contributed by atoms with Crippen molar-refractivity contribution in [2.75, 3.05) is 16.4 Å². The van der Waals surface area contributed by atoms with Crippen molar-refractivity contribution in [3.8, 4) is 0 Å². The number of rotatable bonds is 7. The van der Waals surface area contributed by atoms with Crippen LogP contribution < -0.4 is 10.6 Å². The molecule has 0 saturated carbocycles. The second kappa shape index (κ2) is 9.17. The molecule has 5 nitrogen and oxygen atoms in total. The minimum absolute atomic E-state index is 0.0828. The molecule has 2 N–H and O–H groups in total. The lowest BCUT2D eigenvalue weighted by Crippen LogP contribution is -2.15. The lowest BCUT2D eigenvalue weighted by atomic mass is 10.2. The van der Waals surface area contributed by atoms with Crippen molar-refractivity contribution in [1.29, 1.82) is 0 Å².